The number of hydrogen-bond donors (Lipinski definition) is 6. The maximum atomic E-state index is 12.7. The second-order valence-electron chi connectivity index (χ2n) is 6.62. The lowest BCUT2D eigenvalue weighted by atomic mass is 9.98. The summed E-state index contributed by atoms with van der Waals surface area (Å²) in [7, 11) is -4.23. The van der Waals surface area contributed by atoms with Crippen LogP contribution in [0, 0.1) is 0 Å². The van der Waals surface area contributed by atoms with Crippen LogP contribution in [-0.4, -0.2) is 62.5 Å². The van der Waals surface area contributed by atoms with Crippen molar-refractivity contribution in [3.63, 3.8) is 0 Å². The number of tetrazole rings is 1. The van der Waals surface area contributed by atoms with Crippen molar-refractivity contribution in [3.05, 3.63) is 30.3 Å². The molecule has 0 bridgehead atoms. The number of aliphatic hydroxyl groups excluding tert-OH is 1. The summed E-state index contributed by atoms with van der Waals surface area (Å²) in [6.45, 7) is 0.0378. The number of thioether (sulfide) groups is 1. The van der Waals surface area contributed by atoms with E-state index >= 15 is 0 Å². The molecule has 0 aliphatic carbocycles. The van der Waals surface area contributed by atoms with E-state index < -0.39 is 16.1 Å². The van der Waals surface area contributed by atoms with E-state index in [1.165, 1.54) is 0 Å². The van der Waals surface area contributed by atoms with Crippen LogP contribution in [0.25, 0.3) is 33.5 Å². The molecule has 31 heavy (non-hydrogen) atoms. The van der Waals surface area contributed by atoms with E-state index in [4.69, 9.17) is 16.6 Å². The number of para-hydroxylation sites is 1. The van der Waals surface area contributed by atoms with E-state index in [0.717, 1.165) is 11.8 Å². The van der Waals surface area contributed by atoms with Crippen LogP contribution in [0.5, 0.6) is 0 Å². The first-order chi connectivity index (χ1) is 14.8. The standard InChI is InChI=1S/C17H19N9O3S2/c18-6-8(27)7-30-12-5-4-9(10-2-1-3-11-14(10)22-17(19)21-11)13(15(12)31(20,28)29)16-23-25-26-24-16/h1-5,8,27H,6-7,18H2,(H3,19,21,22)(H2,20,28,29)(H,23,24,25,26)/t8-/m1/s1. The zero-order valence-electron chi connectivity index (χ0n) is 16.0. The van der Waals surface area contributed by atoms with Crippen molar-refractivity contribution in [3.8, 4) is 22.5 Å². The Balaban J connectivity index is 2.02. The van der Waals surface area contributed by atoms with Crippen LogP contribution in [0.1, 0.15) is 0 Å². The highest BCUT2D eigenvalue weighted by Crippen LogP contribution is 2.42. The number of aromatic amines is 2. The molecule has 0 fully saturated rings. The number of nitrogen functional groups attached to an aromatic ring is 1. The number of sulfonamides is 1. The molecular weight excluding hydrogens is 442 g/mol. The molecular formula is C17H19N9O3S2. The Bertz CT molecular complexity index is 1340. The summed E-state index contributed by atoms with van der Waals surface area (Å²) in [6.07, 6.45) is -0.813. The van der Waals surface area contributed by atoms with Crippen LogP contribution in [0.4, 0.5) is 5.95 Å². The van der Waals surface area contributed by atoms with Gasteiger partial charge < -0.3 is 21.6 Å². The van der Waals surface area contributed by atoms with Gasteiger partial charge in [0.2, 0.25) is 15.8 Å². The van der Waals surface area contributed by atoms with Gasteiger partial charge in [0.1, 0.15) is 4.90 Å². The number of H-pyrrole nitrogens is 2. The lowest BCUT2D eigenvalue weighted by molar-refractivity contribution is 0.208. The molecule has 1 atom stereocenters. The average molecular weight is 462 g/mol. The molecule has 0 aliphatic rings. The number of fused-ring (bicyclic) bond motifs is 1. The summed E-state index contributed by atoms with van der Waals surface area (Å²) in [6, 6.07) is 8.69. The number of benzene rings is 2. The normalized spacial score (nSPS) is 13.0. The molecule has 4 rings (SSSR count). The van der Waals surface area contributed by atoms with Crippen LogP contribution < -0.4 is 16.6 Å². The summed E-state index contributed by atoms with van der Waals surface area (Å²) in [5.74, 6) is 0.440. The number of rotatable bonds is 7. The highest BCUT2D eigenvalue weighted by molar-refractivity contribution is 8.00. The van der Waals surface area contributed by atoms with Crippen molar-refractivity contribution >= 4 is 38.8 Å². The lowest BCUT2D eigenvalue weighted by Crippen LogP contribution is -2.22. The van der Waals surface area contributed by atoms with Crippen LogP contribution in [0.2, 0.25) is 0 Å². The van der Waals surface area contributed by atoms with Gasteiger partial charge in [0.05, 0.1) is 22.7 Å². The number of anilines is 1. The molecule has 0 saturated heterocycles. The third kappa shape index (κ3) is 4.11. The summed E-state index contributed by atoms with van der Waals surface area (Å²) in [5, 5.41) is 29.3. The highest BCUT2D eigenvalue weighted by Gasteiger charge is 2.28. The summed E-state index contributed by atoms with van der Waals surface area (Å²) in [4.78, 5) is 7.42. The van der Waals surface area contributed by atoms with Gasteiger partial charge >= 0.3 is 0 Å². The maximum absolute atomic E-state index is 12.7. The number of primary sulfonamides is 1. The molecule has 162 valence electrons. The van der Waals surface area contributed by atoms with E-state index in [-0.39, 0.29) is 34.5 Å². The SMILES string of the molecule is NC[C@@H](O)CSc1ccc(-c2cccc3[nH]c(N)nc23)c(-c2nn[nH]n2)c1S(N)(=O)=O. The summed E-state index contributed by atoms with van der Waals surface area (Å²) >= 11 is 1.11. The maximum Gasteiger partial charge on any atom is 0.239 e. The fraction of sp³-hybridized carbons (Fsp3) is 0.176. The van der Waals surface area contributed by atoms with Crippen molar-refractivity contribution < 1.29 is 13.5 Å². The molecule has 0 spiro atoms. The Morgan fingerprint density at radius 2 is 2.00 bits per heavy atom. The molecule has 0 radical (unpaired) electrons. The molecule has 2 heterocycles. The van der Waals surface area contributed by atoms with Crippen molar-refractivity contribution in [1.29, 1.82) is 0 Å². The molecule has 0 amide bonds. The zero-order valence-corrected chi connectivity index (χ0v) is 17.6. The number of aromatic nitrogens is 6. The highest BCUT2D eigenvalue weighted by atomic mass is 32.2. The topological polar surface area (TPSA) is 216 Å². The van der Waals surface area contributed by atoms with Crippen molar-refractivity contribution in [2.45, 2.75) is 15.9 Å². The zero-order chi connectivity index (χ0) is 22.2. The number of aliphatic hydroxyl groups is 1. The minimum absolute atomic E-state index is 0.0378. The third-order valence-corrected chi connectivity index (χ3v) is 6.82. The number of hydrogen-bond acceptors (Lipinski definition) is 10. The molecule has 0 unspecified atom stereocenters. The van der Waals surface area contributed by atoms with E-state index in [0.29, 0.717) is 27.1 Å². The van der Waals surface area contributed by atoms with Gasteiger partial charge in [-0.25, -0.2) is 18.5 Å². The van der Waals surface area contributed by atoms with E-state index in [1.54, 1.807) is 30.3 Å². The predicted molar refractivity (Wildman–Crippen MR) is 116 cm³/mol. The van der Waals surface area contributed by atoms with Crippen LogP contribution in [0.15, 0.2) is 40.1 Å². The second-order valence-corrected chi connectivity index (χ2v) is 9.18. The molecule has 12 nitrogen and oxygen atoms in total. The molecule has 4 aromatic rings. The molecule has 14 heteroatoms. The van der Waals surface area contributed by atoms with Crippen LogP contribution in [0.3, 0.4) is 0 Å². The van der Waals surface area contributed by atoms with Crippen LogP contribution in [-0.2, 0) is 10.0 Å². The molecule has 9 N–H and O–H groups in total. The number of nitrogens with one attached hydrogen (secondary N) is 2. The molecule has 2 aromatic heterocycles. The van der Waals surface area contributed by atoms with Gasteiger partial charge in [-0.3, -0.25) is 0 Å². The first kappa shape index (κ1) is 21.2. The van der Waals surface area contributed by atoms with Crippen molar-refractivity contribution in [2.75, 3.05) is 18.0 Å². The Labute approximate surface area is 180 Å². The summed E-state index contributed by atoms with van der Waals surface area (Å²) < 4.78 is 25.4. The lowest BCUT2D eigenvalue weighted by Gasteiger charge is -2.16. The smallest absolute Gasteiger partial charge is 0.239 e. The quantitative estimate of drug-likeness (QED) is 0.203. The van der Waals surface area contributed by atoms with Crippen LogP contribution >= 0.6 is 11.8 Å². The fourth-order valence-corrected chi connectivity index (χ4v) is 5.46. The molecule has 2 aromatic carbocycles. The largest absolute Gasteiger partial charge is 0.391 e. The molecule has 0 saturated carbocycles. The van der Waals surface area contributed by atoms with E-state index in [1.807, 2.05) is 0 Å². The second kappa shape index (κ2) is 8.24. The fourth-order valence-electron chi connectivity index (χ4n) is 3.20. The van der Waals surface area contributed by atoms with Gasteiger partial charge in [0.25, 0.3) is 0 Å². The first-order valence-electron chi connectivity index (χ1n) is 8.98. The monoisotopic (exact) mass is 461 g/mol. The number of nitrogens with two attached hydrogens (primary N) is 3. The van der Waals surface area contributed by atoms with Gasteiger partial charge in [-0.15, -0.1) is 22.0 Å². The first-order valence-corrected chi connectivity index (χ1v) is 11.5. The van der Waals surface area contributed by atoms with Gasteiger partial charge in [0.15, 0.2) is 5.95 Å². The minimum atomic E-state index is -4.23. The van der Waals surface area contributed by atoms with Gasteiger partial charge in [-0.1, -0.05) is 18.2 Å². The number of imidazole rings is 1. The van der Waals surface area contributed by atoms with Crippen molar-refractivity contribution in [2.24, 2.45) is 10.9 Å². The molecule has 0 aliphatic heterocycles. The third-order valence-electron chi connectivity index (χ3n) is 4.50. The Hall–Kier alpha value is -3.04. The number of nitrogens with zero attached hydrogens (tertiary/aromatic N) is 4. The van der Waals surface area contributed by atoms with Gasteiger partial charge in [0, 0.05) is 22.8 Å². The average Bonchev–Trinajstić information content (AvgIpc) is 3.39. The van der Waals surface area contributed by atoms with Gasteiger partial charge in [-0.2, -0.15) is 5.21 Å². The Morgan fingerprint density at radius 3 is 2.68 bits per heavy atom. The van der Waals surface area contributed by atoms with E-state index in [9.17, 15) is 13.5 Å². The summed E-state index contributed by atoms with van der Waals surface area (Å²) in [5.41, 5.74) is 13.7. The predicted octanol–water partition coefficient (Wildman–Crippen LogP) is 0.0513. The van der Waals surface area contributed by atoms with E-state index in [2.05, 4.69) is 30.6 Å². The minimum Gasteiger partial charge on any atom is -0.391 e. The Kier molecular flexibility index (Phi) is 5.63. The van der Waals surface area contributed by atoms with Gasteiger partial charge in [-0.05, 0) is 22.9 Å². The van der Waals surface area contributed by atoms with Crippen molar-refractivity contribution in [1.82, 2.24) is 30.6 Å². The Morgan fingerprint density at radius 1 is 1.19 bits per heavy atom.